The molecular formula is C9H12O2. The van der Waals surface area contributed by atoms with Crippen molar-refractivity contribution >= 4 is 5.78 Å². The minimum absolute atomic E-state index is 0.235. The molecule has 2 atom stereocenters. The third-order valence-corrected chi connectivity index (χ3v) is 2.62. The summed E-state index contributed by atoms with van der Waals surface area (Å²) in [5, 5.41) is 0. The number of hydrogen-bond donors (Lipinski definition) is 0. The van der Waals surface area contributed by atoms with Crippen LogP contribution in [0.4, 0.5) is 0 Å². The fourth-order valence-electron chi connectivity index (χ4n) is 1.84. The summed E-state index contributed by atoms with van der Waals surface area (Å²) in [5.74, 6) is 2.20. The van der Waals surface area contributed by atoms with Gasteiger partial charge in [0.1, 0.15) is 5.76 Å². The lowest BCUT2D eigenvalue weighted by Crippen LogP contribution is -2.21. The number of ketones is 1. The molecule has 0 saturated carbocycles. The standard InChI is InChI=1S/C9H12O2/c1-6-2-3-11-9-5-7(10)4-8(6)9/h5-6,8H,2-4H2,1H3/t6-,8-/m1/s1. The van der Waals surface area contributed by atoms with Crippen molar-refractivity contribution in [1.29, 1.82) is 0 Å². The first-order valence-electron chi connectivity index (χ1n) is 4.14. The van der Waals surface area contributed by atoms with Crippen molar-refractivity contribution in [3.63, 3.8) is 0 Å². The van der Waals surface area contributed by atoms with Gasteiger partial charge in [0.05, 0.1) is 6.61 Å². The van der Waals surface area contributed by atoms with Crippen LogP contribution in [0.2, 0.25) is 0 Å². The lowest BCUT2D eigenvalue weighted by molar-refractivity contribution is -0.114. The predicted octanol–water partition coefficient (Wildman–Crippen LogP) is 1.52. The maximum absolute atomic E-state index is 11.0. The number of carbonyl (C=O) groups is 1. The Morgan fingerprint density at radius 3 is 3.18 bits per heavy atom. The smallest absolute Gasteiger partial charge is 0.159 e. The molecule has 2 heteroatoms. The van der Waals surface area contributed by atoms with E-state index in [1.807, 2.05) is 0 Å². The number of fused-ring (bicyclic) bond motifs is 1. The second kappa shape index (κ2) is 2.36. The Hall–Kier alpha value is -0.790. The average molecular weight is 152 g/mol. The molecule has 0 radical (unpaired) electrons. The molecule has 0 aromatic rings. The molecule has 0 bridgehead atoms. The molecule has 2 rings (SSSR count). The van der Waals surface area contributed by atoms with E-state index >= 15 is 0 Å². The van der Waals surface area contributed by atoms with Crippen molar-refractivity contribution in [1.82, 2.24) is 0 Å². The van der Waals surface area contributed by atoms with Crippen LogP contribution >= 0.6 is 0 Å². The molecule has 2 aliphatic rings. The Bertz CT molecular complexity index is 218. The van der Waals surface area contributed by atoms with E-state index in [0.717, 1.165) is 18.8 Å². The van der Waals surface area contributed by atoms with Crippen LogP contribution in [0.3, 0.4) is 0 Å². The van der Waals surface area contributed by atoms with Crippen LogP contribution in [0.1, 0.15) is 19.8 Å². The second-order valence-corrected chi connectivity index (χ2v) is 3.44. The predicted molar refractivity (Wildman–Crippen MR) is 40.9 cm³/mol. The molecule has 1 aliphatic heterocycles. The molecule has 1 aliphatic carbocycles. The Balaban J connectivity index is 2.20. The van der Waals surface area contributed by atoms with Crippen molar-refractivity contribution in [2.45, 2.75) is 19.8 Å². The van der Waals surface area contributed by atoms with Gasteiger partial charge in [-0.1, -0.05) is 6.92 Å². The van der Waals surface area contributed by atoms with Gasteiger partial charge in [-0.25, -0.2) is 0 Å². The first-order valence-corrected chi connectivity index (χ1v) is 4.14. The molecule has 1 fully saturated rings. The molecule has 1 heterocycles. The second-order valence-electron chi connectivity index (χ2n) is 3.44. The highest BCUT2D eigenvalue weighted by atomic mass is 16.5. The van der Waals surface area contributed by atoms with Crippen LogP contribution in [-0.2, 0) is 9.53 Å². The number of rotatable bonds is 0. The van der Waals surface area contributed by atoms with Gasteiger partial charge < -0.3 is 4.74 Å². The largest absolute Gasteiger partial charge is 0.497 e. The van der Waals surface area contributed by atoms with Gasteiger partial charge in [-0.05, 0) is 12.3 Å². The average Bonchev–Trinajstić information content (AvgIpc) is 2.31. The van der Waals surface area contributed by atoms with Gasteiger partial charge >= 0.3 is 0 Å². The topological polar surface area (TPSA) is 26.3 Å². The minimum atomic E-state index is 0.235. The van der Waals surface area contributed by atoms with Gasteiger partial charge in [-0.2, -0.15) is 0 Å². The highest BCUT2D eigenvalue weighted by Crippen LogP contribution is 2.36. The monoisotopic (exact) mass is 152 g/mol. The molecule has 0 amide bonds. The number of allylic oxidation sites excluding steroid dienone is 2. The third-order valence-electron chi connectivity index (χ3n) is 2.62. The van der Waals surface area contributed by atoms with Crippen LogP contribution in [0.25, 0.3) is 0 Å². The van der Waals surface area contributed by atoms with E-state index in [4.69, 9.17) is 4.74 Å². The Morgan fingerprint density at radius 1 is 1.64 bits per heavy atom. The molecule has 11 heavy (non-hydrogen) atoms. The van der Waals surface area contributed by atoms with Crippen LogP contribution < -0.4 is 0 Å². The molecule has 0 N–H and O–H groups in total. The lowest BCUT2D eigenvalue weighted by Gasteiger charge is -2.27. The fraction of sp³-hybridized carbons (Fsp3) is 0.667. The van der Waals surface area contributed by atoms with Crippen molar-refractivity contribution in [2.75, 3.05) is 6.61 Å². The maximum Gasteiger partial charge on any atom is 0.159 e. The van der Waals surface area contributed by atoms with Gasteiger partial charge in [0, 0.05) is 18.4 Å². The number of carbonyl (C=O) groups excluding carboxylic acids is 1. The Kier molecular flexibility index (Phi) is 1.48. The first kappa shape index (κ1) is 6.89. The van der Waals surface area contributed by atoms with E-state index < -0.39 is 0 Å². The molecule has 0 spiro atoms. The van der Waals surface area contributed by atoms with Crippen LogP contribution in [0.15, 0.2) is 11.8 Å². The van der Waals surface area contributed by atoms with E-state index in [0.29, 0.717) is 18.3 Å². The highest BCUT2D eigenvalue weighted by molar-refractivity contribution is 5.93. The van der Waals surface area contributed by atoms with Gasteiger partial charge in [0.15, 0.2) is 5.78 Å². The van der Waals surface area contributed by atoms with E-state index in [9.17, 15) is 4.79 Å². The van der Waals surface area contributed by atoms with Crippen molar-refractivity contribution in [3.8, 4) is 0 Å². The molecule has 0 aromatic carbocycles. The summed E-state index contributed by atoms with van der Waals surface area (Å²) in [6.45, 7) is 2.98. The van der Waals surface area contributed by atoms with Gasteiger partial charge in [0.2, 0.25) is 0 Å². The van der Waals surface area contributed by atoms with E-state index in [2.05, 4.69) is 6.92 Å². The molecule has 0 unspecified atom stereocenters. The normalized spacial score (nSPS) is 36.1. The zero-order valence-electron chi connectivity index (χ0n) is 6.67. The Morgan fingerprint density at radius 2 is 2.45 bits per heavy atom. The summed E-state index contributed by atoms with van der Waals surface area (Å²) in [6.07, 6.45) is 3.44. The van der Waals surface area contributed by atoms with E-state index in [-0.39, 0.29) is 5.78 Å². The SMILES string of the molecule is C[C@@H]1CCOC2=CC(=O)C[C@@H]21. The summed E-state index contributed by atoms with van der Waals surface area (Å²) in [5.41, 5.74) is 0. The Labute approximate surface area is 66.2 Å². The van der Waals surface area contributed by atoms with Crippen molar-refractivity contribution in [3.05, 3.63) is 11.8 Å². The van der Waals surface area contributed by atoms with Crippen LogP contribution in [0.5, 0.6) is 0 Å². The fourth-order valence-corrected chi connectivity index (χ4v) is 1.84. The molecule has 0 aromatic heterocycles. The summed E-state index contributed by atoms with van der Waals surface area (Å²) >= 11 is 0. The van der Waals surface area contributed by atoms with Gasteiger partial charge in [-0.3, -0.25) is 4.79 Å². The quantitative estimate of drug-likeness (QED) is 0.526. The number of hydrogen-bond acceptors (Lipinski definition) is 2. The summed E-state index contributed by atoms with van der Waals surface area (Å²) in [6, 6.07) is 0. The maximum atomic E-state index is 11.0. The van der Waals surface area contributed by atoms with E-state index in [1.54, 1.807) is 6.08 Å². The molecule has 1 saturated heterocycles. The van der Waals surface area contributed by atoms with Crippen molar-refractivity contribution in [2.24, 2.45) is 11.8 Å². The molecule has 2 nitrogen and oxygen atoms in total. The number of ether oxygens (including phenoxy) is 1. The van der Waals surface area contributed by atoms with Gasteiger partial charge in [-0.15, -0.1) is 0 Å². The van der Waals surface area contributed by atoms with Crippen LogP contribution in [0, 0.1) is 11.8 Å². The summed E-state index contributed by atoms with van der Waals surface area (Å²) in [4.78, 5) is 11.0. The molecule has 60 valence electrons. The zero-order chi connectivity index (χ0) is 7.84. The van der Waals surface area contributed by atoms with E-state index in [1.165, 1.54) is 0 Å². The highest BCUT2D eigenvalue weighted by Gasteiger charge is 2.33. The minimum Gasteiger partial charge on any atom is -0.497 e. The summed E-state index contributed by atoms with van der Waals surface area (Å²) in [7, 11) is 0. The third kappa shape index (κ3) is 1.06. The van der Waals surface area contributed by atoms with Crippen molar-refractivity contribution < 1.29 is 9.53 Å². The van der Waals surface area contributed by atoms with Crippen LogP contribution in [-0.4, -0.2) is 12.4 Å². The first-order chi connectivity index (χ1) is 5.27. The molecular weight excluding hydrogens is 140 g/mol. The van der Waals surface area contributed by atoms with Gasteiger partial charge in [0.25, 0.3) is 0 Å². The summed E-state index contributed by atoms with van der Waals surface area (Å²) < 4.78 is 5.38. The lowest BCUT2D eigenvalue weighted by atomic mass is 9.88. The zero-order valence-corrected chi connectivity index (χ0v) is 6.67.